The third-order valence-corrected chi connectivity index (χ3v) is 4.96. The zero-order valence-corrected chi connectivity index (χ0v) is 12.2. The van der Waals surface area contributed by atoms with E-state index in [1.807, 2.05) is 6.20 Å². The quantitative estimate of drug-likeness (QED) is 0.907. The SMILES string of the molecule is CCc1ncc(CNCc2cc(Br)cs2)s1. The van der Waals surface area contributed by atoms with E-state index in [1.165, 1.54) is 19.2 Å². The summed E-state index contributed by atoms with van der Waals surface area (Å²) < 4.78 is 1.17. The maximum absolute atomic E-state index is 4.34. The van der Waals surface area contributed by atoms with Gasteiger partial charge in [-0.2, -0.15) is 0 Å². The number of nitrogens with one attached hydrogen (secondary N) is 1. The first-order chi connectivity index (χ1) is 7.78. The average Bonchev–Trinajstić information content (AvgIpc) is 2.88. The summed E-state index contributed by atoms with van der Waals surface area (Å²) in [5, 5.41) is 6.76. The van der Waals surface area contributed by atoms with Gasteiger partial charge in [0.15, 0.2) is 0 Å². The van der Waals surface area contributed by atoms with Crippen LogP contribution in [-0.2, 0) is 19.5 Å². The molecule has 2 rings (SSSR count). The van der Waals surface area contributed by atoms with Gasteiger partial charge in [0.05, 0.1) is 5.01 Å². The first kappa shape index (κ1) is 12.2. The van der Waals surface area contributed by atoms with Crippen molar-refractivity contribution in [3.8, 4) is 0 Å². The lowest BCUT2D eigenvalue weighted by Gasteiger charge is -1.99. The number of hydrogen-bond acceptors (Lipinski definition) is 4. The Hall–Kier alpha value is -0.230. The van der Waals surface area contributed by atoms with Gasteiger partial charge in [0.1, 0.15) is 0 Å². The number of thiazole rings is 1. The number of thiophene rings is 1. The molecule has 0 amide bonds. The lowest BCUT2D eigenvalue weighted by Crippen LogP contribution is -2.10. The molecule has 0 aromatic carbocycles. The van der Waals surface area contributed by atoms with Crippen LogP contribution in [-0.4, -0.2) is 4.98 Å². The van der Waals surface area contributed by atoms with Crippen molar-refractivity contribution in [2.75, 3.05) is 0 Å². The van der Waals surface area contributed by atoms with Gasteiger partial charge in [0.25, 0.3) is 0 Å². The molecule has 5 heteroatoms. The minimum absolute atomic E-state index is 0.910. The zero-order chi connectivity index (χ0) is 11.4. The molecule has 2 aromatic rings. The van der Waals surface area contributed by atoms with E-state index in [1.54, 1.807) is 22.7 Å². The van der Waals surface area contributed by atoms with E-state index in [-0.39, 0.29) is 0 Å². The third-order valence-electron chi connectivity index (χ3n) is 2.12. The average molecular weight is 317 g/mol. The van der Waals surface area contributed by atoms with Crippen LogP contribution in [0.5, 0.6) is 0 Å². The van der Waals surface area contributed by atoms with Gasteiger partial charge >= 0.3 is 0 Å². The highest BCUT2D eigenvalue weighted by atomic mass is 79.9. The molecular formula is C11H13BrN2S2. The first-order valence-corrected chi connectivity index (χ1v) is 7.64. The molecule has 0 atom stereocenters. The van der Waals surface area contributed by atoms with Crippen molar-refractivity contribution >= 4 is 38.6 Å². The van der Waals surface area contributed by atoms with Gasteiger partial charge in [0.2, 0.25) is 0 Å². The van der Waals surface area contributed by atoms with E-state index in [0.29, 0.717) is 0 Å². The molecule has 0 aliphatic rings. The molecule has 0 unspecified atom stereocenters. The van der Waals surface area contributed by atoms with Crippen molar-refractivity contribution < 1.29 is 0 Å². The van der Waals surface area contributed by atoms with Gasteiger partial charge < -0.3 is 5.32 Å². The van der Waals surface area contributed by atoms with Crippen molar-refractivity contribution in [3.05, 3.63) is 36.9 Å². The van der Waals surface area contributed by atoms with E-state index in [0.717, 1.165) is 19.5 Å². The fourth-order valence-electron chi connectivity index (χ4n) is 1.35. The Balaban J connectivity index is 1.79. The van der Waals surface area contributed by atoms with Crippen molar-refractivity contribution in [2.24, 2.45) is 0 Å². The van der Waals surface area contributed by atoms with Crippen LogP contribution in [0.4, 0.5) is 0 Å². The van der Waals surface area contributed by atoms with Crippen LogP contribution >= 0.6 is 38.6 Å². The maximum Gasteiger partial charge on any atom is 0.0925 e. The minimum Gasteiger partial charge on any atom is -0.307 e. The molecule has 0 bridgehead atoms. The van der Waals surface area contributed by atoms with E-state index in [2.05, 4.69) is 44.6 Å². The summed E-state index contributed by atoms with van der Waals surface area (Å²) in [6.45, 7) is 3.97. The predicted octanol–water partition coefficient (Wildman–Crippen LogP) is 3.82. The van der Waals surface area contributed by atoms with Gasteiger partial charge in [-0.1, -0.05) is 6.92 Å². The second kappa shape index (κ2) is 5.91. The molecule has 0 spiro atoms. The first-order valence-electron chi connectivity index (χ1n) is 5.15. The predicted molar refractivity (Wildman–Crippen MR) is 74.1 cm³/mol. The topological polar surface area (TPSA) is 24.9 Å². The summed E-state index contributed by atoms with van der Waals surface area (Å²) >= 11 is 7.02. The number of halogens is 1. The summed E-state index contributed by atoms with van der Waals surface area (Å²) in [5.41, 5.74) is 0. The molecule has 2 heterocycles. The van der Waals surface area contributed by atoms with Crippen LogP contribution < -0.4 is 5.32 Å². The Morgan fingerprint density at radius 1 is 1.38 bits per heavy atom. The molecule has 0 aliphatic carbocycles. The van der Waals surface area contributed by atoms with E-state index < -0.39 is 0 Å². The lowest BCUT2D eigenvalue weighted by atomic mass is 10.4. The van der Waals surface area contributed by atoms with Crippen LogP contribution in [0.25, 0.3) is 0 Å². The summed E-state index contributed by atoms with van der Waals surface area (Å²) in [5.74, 6) is 0. The Kier molecular flexibility index (Phi) is 4.52. The Morgan fingerprint density at radius 2 is 2.19 bits per heavy atom. The summed E-state index contributed by atoms with van der Waals surface area (Å²) in [6.07, 6.45) is 3.00. The highest BCUT2D eigenvalue weighted by molar-refractivity contribution is 9.10. The van der Waals surface area contributed by atoms with E-state index in [9.17, 15) is 0 Å². The van der Waals surface area contributed by atoms with Crippen LogP contribution in [0.15, 0.2) is 22.1 Å². The standard InChI is InChI=1S/C11H13BrN2S2/c1-2-11-14-6-10(16-11)5-13-4-9-3-8(12)7-15-9/h3,6-7,13H,2,4-5H2,1H3. The van der Waals surface area contributed by atoms with Crippen molar-refractivity contribution in [2.45, 2.75) is 26.4 Å². The highest BCUT2D eigenvalue weighted by Crippen LogP contribution is 2.19. The lowest BCUT2D eigenvalue weighted by molar-refractivity contribution is 0.708. The fraction of sp³-hybridized carbons (Fsp3) is 0.364. The maximum atomic E-state index is 4.34. The molecule has 2 nitrogen and oxygen atoms in total. The van der Waals surface area contributed by atoms with E-state index >= 15 is 0 Å². The van der Waals surface area contributed by atoms with Gasteiger partial charge in [-0.25, -0.2) is 4.98 Å². The Labute approximate surface area is 112 Å². The monoisotopic (exact) mass is 316 g/mol. The number of rotatable bonds is 5. The van der Waals surface area contributed by atoms with Gasteiger partial charge in [-0.05, 0) is 28.4 Å². The smallest absolute Gasteiger partial charge is 0.0925 e. The molecule has 0 saturated heterocycles. The number of nitrogens with zero attached hydrogens (tertiary/aromatic N) is 1. The summed E-state index contributed by atoms with van der Waals surface area (Å²) in [6, 6.07) is 2.15. The van der Waals surface area contributed by atoms with Crippen molar-refractivity contribution in [3.63, 3.8) is 0 Å². The second-order valence-electron chi connectivity index (χ2n) is 3.41. The zero-order valence-electron chi connectivity index (χ0n) is 9.00. The van der Waals surface area contributed by atoms with Crippen LogP contribution in [0, 0.1) is 0 Å². The molecule has 0 saturated carbocycles. The molecular weight excluding hydrogens is 304 g/mol. The summed E-state index contributed by atoms with van der Waals surface area (Å²) in [7, 11) is 0. The molecule has 0 fully saturated rings. The van der Waals surface area contributed by atoms with Crippen LogP contribution in [0.1, 0.15) is 21.7 Å². The molecule has 0 radical (unpaired) electrons. The minimum atomic E-state index is 0.910. The van der Waals surface area contributed by atoms with Gasteiger partial charge in [0, 0.05) is 38.9 Å². The molecule has 1 N–H and O–H groups in total. The molecule has 0 aliphatic heterocycles. The molecule has 2 aromatic heterocycles. The van der Waals surface area contributed by atoms with Gasteiger partial charge in [-0.3, -0.25) is 0 Å². The molecule has 16 heavy (non-hydrogen) atoms. The van der Waals surface area contributed by atoms with E-state index in [4.69, 9.17) is 0 Å². The largest absolute Gasteiger partial charge is 0.307 e. The highest BCUT2D eigenvalue weighted by Gasteiger charge is 2.01. The number of hydrogen-bond donors (Lipinski definition) is 1. The number of aromatic nitrogens is 1. The van der Waals surface area contributed by atoms with Crippen LogP contribution in [0.2, 0.25) is 0 Å². The van der Waals surface area contributed by atoms with Crippen LogP contribution in [0.3, 0.4) is 0 Å². The Bertz CT molecular complexity index is 450. The third kappa shape index (κ3) is 3.38. The normalized spacial score (nSPS) is 10.9. The molecule has 86 valence electrons. The summed E-state index contributed by atoms with van der Waals surface area (Å²) in [4.78, 5) is 7.00. The van der Waals surface area contributed by atoms with Gasteiger partial charge in [-0.15, -0.1) is 22.7 Å². The second-order valence-corrected chi connectivity index (χ2v) is 6.52. The number of aryl methyl sites for hydroxylation is 1. The Morgan fingerprint density at radius 3 is 2.81 bits per heavy atom. The van der Waals surface area contributed by atoms with Crippen molar-refractivity contribution in [1.82, 2.24) is 10.3 Å². The fourth-order valence-corrected chi connectivity index (χ4v) is 3.60. The van der Waals surface area contributed by atoms with Crippen molar-refractivity contribution in [1.29, 1.82) is 0 Å².